The highest BCUT2D eigenvalue weighted by molar-refractivity contribution is 5.94. The summed E-state index contributed by atoms with van der Waals surface area (Å²) in [6.45, 7) is 0.568. The molecule has 2 N–H and O–H groups in total. The van der Waals surface area contributed by atoms with Crippen LogP contribution in [0.2, 0.25) is 0 Å². The molecule has 1 aliphatic rings. The van der Waals surface area contributed by atoms with Crippen molar-refractivity contribution >= 4 is 29.9 Å². The molecule has 120 valence electrons. The number of nitrogens with one attached hydrogen (secondary N) is 2. The Bertz CT molecular complexity index is 704. The van der Waals surface area contributed by atoms with Crippen LogP contribution in [0.15, 0.2) is 42.7 Å². The van der Waals surface area contributed by atoms with Crippen LogP contribution < -0.4 is 10.6 Å². The van der Waals surface area contributed by atoms with E-state index in [0.717, 1.165) is 29.7 Å². The van der Waals surface area contributed by atoms with Crippen LogP contribution in [0.3, 0.4) is 0 Å². The summed E-state index contributed by atoms with van der Waals surface area (Å²) in [4.78, 5) is 27.2. The molecule has 0 aliphatic carbocycles. The first-order valence-corrected chi connectivity index (χ1v) is 7.32. The van der Waals surface area contributed by atoms with E-state index in [1.165, 1.54) is 0 Å². The van der Waals surface area contributed by atoms with Crippen molar-refractivity contribution in [1.82, 2.24) is 10.3 Å². The fourth-order valence-electron chi connectivity index (χ4n) is 2.51. The van der Waals surface area contributed by atoms with E-state index in [2.05, 4.69) is 21.7 Å². The highest BCUT2D eigenvalue weighted by Gasteiger charge is 2.14. The summed E-state index contributed by atoms with van der Waals surface area (Å²) in [5.74, 6) is -0.0395. The van der Waals surface area contributed by atoms with Crippen molar-refractivity contribution in [2.45, 2.75) is 19.3 Å². The van der Waals surface area contributed by atoms with Gasteiger partial charge in [0.05, 0.1) is 5.56 Å². The number of fused-ring (bicyclic) bond motifs is 1. The number of rotatable bonds is 4. The Balaban J connectivity index is 0.00000192. The number of aryl methyl sites for hydroxylation is 1. The Morgan fingerprint density at radius 2 is 2.13 bits per heavy atom. The van der Waals surface area contributed by atoms with Gasteiger partial charge in [-0.15, -0.1) is 12.4 Å². The number of carbonyl (C=O) groups is 2. The molecule has 2 heterocycles. The fraction of sp³-hybridized carbons (Fsp3) is 0.235. The summed E-state index contributed by atoms with van der Waals surface area (Å²) in [5.41, 5.74) is 3.78. The first-order chi connectivity index (χ1) is 10.7. The van der Waals surface area contributed by atoms with Gasteiger partial charge in [-0.2, -0.15) is 0 Å². The zero-order valence-corrected chi connectivity index (χ0v) is 13.4. The van der Waals surface area contributed by atoms with Crippen molar-refractivity contribution in [3.05, 3.63) is 59.4 Å². The third-order valence-electron chi connectivity index (χ3n) is 3.69. The molecule has 0 spiro atoms. The second-order valence-corrected chi connectivity index (χ2v) is 5.29. The van der Waals surface area contributed by atoms with Crippen LogP contribution in [0, 0.1) is 0 Å². The topological polar surface area (TPSA) is 71.1 Å². The van der Waals surface area contributed by atoms with E-state index in [0.29, 0.717) is 18.5 Å². The molecule has 0 bridgehead atoms. The molecule has 2 amide bonds. The molecule has 0 radical (unpaired) electrons. The van der Waals surface area contributed by atoms with Gasteiger partial charge in [0.2, 0.25) is 5.91 Å². The van der Waals surface area contributed by atoms with Crippen LogP contribution in [-0.2, 0) is 17.6 Å². The molecular formula is C17H18ClN3O2. The number of nitrogens with zero attached hydrogens (tertiary/aromatic N) is 1. The Morgan fingerprint density at radius 1 is 1.26 bits per heavy atom. The van der Waals surface area contributed by atoms with Gasteiger partial charge in [0.1, 0.15) is 0 Å². The molecule has 1 aliphatic heterocycles. The zero-order chi connectivity index (χ0) is 15.4. The van der Waals surface area contributed by atoms with Gasteiger partial charge >= 0.3 is 0 Å². The van der Waals surface area contributed by atoms with Crippen LogP contribution in [0.1, 0.15) is 27.9 Å². The van der Waals surface area contributed by atoms with Crippen molar-refractivity contribution in [3.63, 3.8) is 0 Å². The van der Waals surface area contributed by atoms with Crippen molar-refractivity contribution in [3.8, 4) is 0 Å². The molecule has 3 rings (SSSR count). The van der Waals surface area contributed by atoms with Gasteiger partial charge in [0.25, 0.3) is 5.91 Å². The predicted octanol–water partition coefficient (Wildman–Crippen LogP) is 2.36. The molecule has 0 saturated heterocycles. The second-order valence-electron chi connectivity index (χ2n) is 5.29. The van der Waals surface area contributed by atoms with E-state index in [4.69, 9.17) is 0 Å². The minimum Gasteiger partial charge on any atom is -0.352 e. The summed E-state index contributed by atoms with van der Waals surface area (Å²) < 4.78 is 0. The van der Waals surface area contributed by atoms with Gasteiger partial charge in [0.15, 0.2) is 0 Å². The number of aromatic nitrogens is 1. The smallest absolute Gasteiger partial charge is 0.252 e. The SMILES string of the molecule is Cl.O=C1CCc2cc(CCNC(=O)c3cccnc3)ccc2N1. The standard InChI is InChI=1S/C17H17N3O2.ClH/c21-16-6-4-13-10-12(3-5-15(13)20-16)7-9-19-17(22)14-2-1-8-18-11-14;/h1-3,5,8,10-11H,4,6-7,9H2,(H,19,22)(H,20,21);1H. The van der Waals surface area contributed by atoms with Crippen LogP contribution in [-0.4, -0.2) is 23.3 Å². The van der Waals surface area contributed by atoms with Crippen molar-refractivity contribution in [1.29, 1.82) is 0 Å². The van der Waals surface area contributed by atoms with Crippen LogP contribution in [0.25, 0.3) is 0 Å². The summed E-state index contributed by atoms with van der Waals surface area (Å²) in [5, 5.41) is 5.75. The summed E-state index contributed by atoms with van der Waals surface area (Å²) >= 11 is 0. The van der Waals surface area contributed by atoms with Gasteiger partial charge in [-0.1, -0.05) is 12.1 Å². The molecular weight excluding hydrogens is 314 g/mol. The lowest BCUT2D eigenvalue weighted by Crippen LogP contribution is -2.26. The highest BCUT2D eigenvalue weighted by Crippen LogP contribution is 2.23. The third-order valence-corrected chi connectivity index (χ3v) is 3.69. The normalized spacial score (nSPS) is 12.6. The maximum Gasteiger partial charge on any atom is 0.252 e. The zero-order valence-electron chi connectivity index (χ0n) is 12.5. The van der Waals surface area contributed by atoms with E-state index in [9.17, 15) is 9.59 Å². The highest BCUT2D eigenvalue weighted by atomic mass is 35.5. The first kappa shape index (κ1) is 17.0. The van der Waals surface area contributed by atoms with Crippen molar-refractivity contribution in [2.75, 3.05) is 11.9 Å². The van der Waals surface area contributed by atoms with E-state index in [1.807, 2.05) is 12.1 Å². The molecule has 1 aromatic heterocycles. The number of amides is 2. The van der Waals surface area contributed by atoms with Crippen LogP contribution in [0.4, 0.5) is 5.69 Å². The van der Waals surface area contributed by atoms with E-state index in [1.54, 1.807) is 24.5 Å². The van der Waals surface area contributed by atoms with Crippen LogP contribution in [0.5, 0.6) is 0 Å². The average molecular weight is 332 g/mol. The van der Waals surface area contributed by atoms with Crippen molar-refractivity contribution < 1.29 is 9.59 Å². The molecule has 0 fully saturated rings. The molecule has 0 unspecified atom stereocenters. The van der Waals surface area contributed by atoms with Gasteiger partial charge in [0, 0.05) is 31.0 Å². The van der Waals surface area contributed by atoms with E-state index in [-0.39, 0.29) is 24.2 Å². The van der Waals surface area contributed by atoms with Gasteiger partial charge in [-0.25, -0.2) is 0 Å². The number of benzene rings is 1. The second kappa shape index (κ2) is 7.74. The lowest BCUT2D eigenvalue weighted by atomic mass is 9.99. The molecule has 0 saturated carbocycles. The molecule has 5 nitrogen and oxygen atoms in total. The third kappa shape index (κ3) is 4.29. The number of hydrogen-bond donors (Lipinski definition) is 2. The Morgan fingerprint density at radius 3 is 2.91 bits per heavy atom. The van der Waals surface area contributed by atoms with Gasteiger partial charge in [-0.05, 0) is 42.2 Å². The minimum absolute atomic E-state index is 0. The monoisotopic (exact) mass is 331 g/mol. The number of carbonyl (C=O) groups excluding carboxylic acids is 2. The number of anilines is 1. The molecule has 1 aromatic carbocycles. The first-order valence-electron chi connectivity index (χ1n) is 7.32. The molecule has 2 aromatic rings. The summed E-state index contributed by atoms with van der Waals surface area (Å²) in [6, 6.07) is 9.51. The largest absolute Gasteiger partial charge is 0.352 e. The van der Waals surface area contributed by atoms with Gasteiger partial charge < -0.3 is 10.6 Å². The Labute approximate surface area is 140 Å². The maximum atomic E-state index is 11.9. The van der Waals surface area contributed by atoms with Crippen molar-refractivity contribution in [2.24, 2.45) is 0 Å². The summed E-state index contributed by atoms with van der Waals surface area (Å²) in [6.07, 6.45) is 5.26. The molecule has 23 heavy (non-hydrogen) atoms. The average Bonchev–Trinajstić information content (AvgIpc) is 2.55. The Hall–Kier alpha value is -2.40. The quantitative estimate of drug-likeness (QED) is 0.903. The lowest BCUT2D eigenvalue weighted by Gasteiger charge is -2.17. The van der Waals surface area contributed by atoms with Gasteiger partial charge in [-0.3, -0.25) is 14.6 Å². The number of halogens is 1. The van der Waals surface area contributed by atoms with E-state index >= 15 is 0 Å². The predicted molar refractivity (Wildman–Crippen MR) is 90.9 cm³/mol. The number of hydrogen-bond acceptors (Lipinski definition) is 3. The lowest BCUT2D eigenvalue weighted by molar-refractivity contribution is -0.116. The minimum atomic E-state index is -0.113. The fourth-order valence-corrected chi connectivity index (χ4v) is 2.51. The molecule has 6 heteroatoms. The number of pyridine rings is 1. The van der Waals surface area contributed by atoms with E-state index < -0.39 is 0 Å². The maximum absolute atomic E-state index is 11.9. The molecule has 0 atom stereocenters. The summed E-state index contributed by atoms with van der Waals surface area (Å²) in [7, 11) is 0. The van der Waals surface area contributed by atoms with Crippen LogP contribution >= 0.6 is 12.4 Å². The Kier molecular flexibility index (Phi) is 5.71.